The van der Waals surface area contributed by atoms with E-state index >= 15 is 0 Å². The third kappa shape index (κ3) is 2.34. The molecule has 0 fully saturated rings. The molecule has 0 spiro atoms. The lowest BCUT2D eigenvalue weighted by atomic mass is 10.0. The summed E-state index contributed by atoms with van der Waals surface area (Å²) in [5.41, 5.74) is 2.69. The molecule has 0 radical (unpaired) electrons. The van der Waals surface area contributed by atoms with Crippen LogP contribution in [-0.4, -0.2) is 17.2 Å². The number of anilines is 2. The number of fused-ring (bicyclic) bond motifs is 3. The van der Waals surface area contributed by atoms with Gasteiger partial charge in [-0.3, -0.25) is 0 Å². The van der Waals surface area contributed by atoms with Crippen molar-refractivity contribution in [2.75, 3.05) is 12.4 Å². The molecule has 4 aromatic rings. The summed E-state index contributed by atoms with van der Waals surface area (Å²) in [6, 6.07) is 15.5. The van der Waals surface area contributed by atoms with Crippen LogP contribution < -0.4 is 10.1 Å². The molecular weight excluding hydrogens is 320 g/mol. The zero-order valence-electron chi connectivity index (χ0n) is 13.3. The SMILES string of the molecule is COc1cccc(Nc2nc3c(s2)c(C)c(O)c2ccccc23)c1. The van der Waals surface area contributed by atoms with Crippen LogP contribution in [0.1, 0.15) is 5.56 Å². The second kappa shape index (κ2) is 5.69. The molecule has 5 heteroatoms. The van der Waals surface area contributed by atoms with Crippen molar-refractivity contribution < 1.29 is 9.84 Å². The first kappa shape index (κ1) is 14.8. The van der Waals surface area contributed by atoms with E-state index in [1.54, 1.807) is 7.11 Å². The maximum Gasteiger partial charge on any atom is 0.188 e. The van der Waals surface area contributed by atoms with Crippen LogP contribution in [0.15, 0.2) is 48.5 Å². The van der Waals surface area contributed by atoms with Crippen molar-refractivity contribution in [2.24, 2.45) is 0 Å². The molecule has 0 amide bonds. The highest BCUT2D eigenvalue weighted by molar-refractivity contribution is 7.22. The molecule has 0 saturated carbocycles. The topological polar surface area (TPSA) is 54.4 Å². The zero-order valence-corrected chi connectivity index (χ0v) is 14.1. The Morgan fingerprint density at radius 1 is 1.08 bits per heavy atom. The Hall–Kier alpha value is -2.79. The minimum Gasteiger partial charge on any atom is -0.507 e. The highest BCUT2D eigenvalue weighted by Crippen LogP contribution is 2.41. The lowest BCUT2D eigenvalue weighted by molar-refractivity contribution is 0.415. The van der Waals surface area contributed by atoms with Gasteiger partial charge in [0, 0.05) is 28.1 Å². The van der Waals surface area contributed by atoms with E-state index in [1.807, 2.05) is 55.5 Å². The highest BCUT2D eigenvalue weighted by atomic mass is 32.1. The van der Waals surface area contributed by atoms with Crippen LogP contribution >= 0.6 is 11.3 Å². The number of benzene rings is 3. The number of phenolic OH excluding ortho intramolecular Hbond substituents is 1. The molecule has 0 aliphatic carbocycles. The monoisotopic (exact) mass is 336 g/mol. The number of nitrogens with one attached hydrogen (secondary N) is 1. The third-order valence-corrected chi connectivity index (χ3v) is 5.17. The van der Waals surface area contributed by atoms with Gasteiger partial charge in [-0.25, -0.2) is 4.98 Å². The normalized spacial score (nSPS) is 11.1. The molecule has 0 bridgehead atoms. The van der Waals surface area contributed by atoms with Crippen LogP contribution in [0.25, 0.3) is 21.0 Å². The Morgan fingerprint density at radius 2 is 1.88 bits per heavy atom. The van der Waals surface area contributed by atoms with Gasteiger partial charge in [0.1, 0.15) is 11.5 Å². The van der Waals surface area contributed by atoms with Crippen molar-refractivity contribution in [3.8, 4) is 11.5 Å². The summed E-state index contributed by atoms with van der Waals surface area (Å²) in [5.74, 6) is 1.12. The van der Waals surface area contributed by atoms with Gasteiger partial charge in [-0.2, -0.15) is 0 Å². The van der Waals surface area contributed by atoms with Gasteiger partial charge in [0.05, 0.1) is 17.3 Å². The molecule has 0 aliphatic rings. The minimum absolute atomic E-state index is 0.328. The molecule has 24 heavy (non-hydrogen) atoms. The molecule has 3 aromatic carbocycles. The second-order valence-electron chi connectivity index (χ2n) is 5.57. The van der Waals surface area contributed by atoms with Crippen LogP contribution in [0.4, 0.5) is 10.8 Å². The average molecular weight is 336 g/mol. The summed E-state index contributed by atoms with van der Waals surface area (Å²) in [4.78, 5) is 4.75. The fraction of sp³-hybridized carbons (Fsp3) is 0.105. The van der Waals surface area contributed by atoms with E-state index in [0.29, 0.717) is 5.75 Å². The predicted octanol–water partition coefficient (Wildman–Crippen LogP) is 5.22. The third-order valence-electron chi connectivity index (χ3n) is 4.08. The highest BCUT2D eigenvalue weighted by Gasteiger charge is 2.15. The van der Waals surface area contributed by atoms with E-state index in [9.17, 15) is 5.11 Å². The van der Waals surface area contributed by atoms with Gasteiger partial charge in [-0.05, 0) is 19.1 Å². The number of phenols is 1. The van der Waals surface area contributed by atoms with Gasteiger partial charge in [0.25, 0.3) is 0 Å². The van der Waals surface area contributed by atoms with E-state index in [1.165, 1.54) is 11.3 Å². The minimum atomic E-state index is 0.328. The number of nitrogens with zero attached hydrogens (tertiary/aromatic N) is 1. The predicted molar refractivity (Wildman–Crippen MR) is 99.8 cm³/mol. The summed E-state index contributed by atoms with van der Waals surface area (Å²) in [6.07, 6.45) is 0. The molecule has 1 aromatic heterocycles. The Morgan fingerprint density at radius 3 is 2.67 bits per heavy atom. The summed E-state index contributed by atoms with van der Waals surface area (Å²) in [5, 5.41) is 16.4. The Bertz CT molecular complexity index is 1060. The largest absolute Gasteiger partial charge is 0.507 e. The van der Waals surface area contributed by atoms with E-state index in [0.717, 1.165) is 43.1 Å². The van der Waals surface area contributed by atoms with Gasteiger partial charge in [-0.15, -0.1) is 0 Å². The van der Waals surface area contributed by atoms with Crippen molar-refractivity contribution in [1.82, 2.24) is 4.98 Å². The first-order chi connectivity index (χ1) is 11.7. The number of aromatic nitrogens is 1. The number of aromatic hydroxyl groups is 1. The number of ether oxygens (including phenoxy) is 1. The molecule has 1 heterocycles. The van der Waals surface area contributed by atoms with Crippen molar-refractivity contribution in [3.63, 3.8) is 0 Å². The second-order valence-corrected chi connectivity index (χ2v) is 6.57. The fourth-order valence-electron chi connectivity index (χ4n) is 2.84. The van der Waals surface area contributed by atoms with Crippen molar-refractivity contribution in [2.45, 2.75) is 6.92 Å². The number of methoxy groups -OCH3 is 1. The summed E-state index contributed by atoms with van der Waals surface area (Å²) in [7, 11) is 1.65. The van der Waals surface area contributed by atoms with Crippen molar-refractivity contribution >= 4 is 43.1 Å². The van der Waals surface area contributed by atoms with Crippen LogP contribution in [0.3, 0.4) is 0 Å². The zero-order chi connectivity index (χ0) is 16.7. The van der Waals surface area contributed by atoms with E-state index in [4.69, 9.17) is 9.72 Å². The van der Waals surface area contributed by atoms with Gasteiger partial charge >= 0.3 is 0 Å². The maximum atomic E-state index is 10.5. The molecule has 0 aliphatic heterocycles. The quantitative estimate of drug-likeness (QED) is 0.539. The lowest BCUT2D eigenvalue weighted by Gasteiger charge is -2.05. The summed E-state index contributed by atoms with van der Waals surface area (Å²) >= 11 is 1.54. The number of hydrogen-bond acceptors (Lipinski definition) is 5. The van der Waals surface area contributed by atoms with Crippen LogP contribution in [-0.2, 0) is 0 Å². The molecule has 0 atom stereocenters. The Kier molecular flexibility index (Phi) is 3.50. The number of rotatable bonds is 3. The van der Waals surface area contributed by atoms with Gasteiger partial charge in [0.15, 0.2) is 5.13 Å². The van der Waals surface area contributed by atoms with E-state index in [-0.39, 0.29) is 0 Å². The molecule has 4 nitrogen and oxygen atoms in total. The average Bonchev–Trinajstić information content (AvgIpc) is 3.04. The molecule has 120 valence electrons. The van der Waals surface area contributed by atoms with Gasteiger partial charge in [-0.1, -0.05) is 41.7 Å². The maximum absolute atomic E-state index is 10.5. The Labute approximate surface area is 143 Å². The van der Waals surface area contributed by atoms with Crippen LogP contribution in [0, 0.1) is 6.92 Å². The molecule has 4 rings (SSSR count). The van der Waals surface area contributed by atoms with E-state index < -0.39 is 0 Å². The summed E-state index contributed by atoms with van der Waals surface area (Å²) in [6.45, 7) is 1.93. The number of hydrogen-bond donors (Lipinski definition) is 2. The fourth-order valence-corrected chi connectivity index (χ4v) is 3.84. The number of thiazole rings is 1. The van der Waals surface area contributed by atoms with E-state index in [2.05, 4.69) is 5.32 Å². The summed E-state index contributed by atoms with van der Waals surface area (Å²) < 4.78 is 6.25. The van der Waals surface area contributed by atoms with Crippen LogP contribution in [0.5, 0.6) is 11.5 Å². The number of aryl methyl sites for hydroxylation is 1. The van der Waals surface area contributed by atoms with Gasteiger partial charge < -0.3 is 15.2 Å². The van der Waals surface area contributed by atoms with Crippen molar-refractivity contribution in [1.29, 1.82) is 0 Å². The molecule has 0 saturated heterocycles. The Balaban J connectivity index is 1.86. The van der Waals surface area contributed by atoms with Gasteiger partial charge in [0.2, 0.25) is 0 Å². The van der Waals surface area contributed by atoms with Crippen LogP contribution in [0.2, 0.25) is 0 Å². The van der Waals surface area contributed by atoms with Crippen molar-refractivity contribution in [3.05, 3.63) is 54.1 Å². The molecule has 0 unspecified atom stereocenters. The lowest BCUT2D eigenvalue weighted by Crippen LogP contribution is -1.90. The molecule has 2 N–H and O–H groups in total. The first-order valence-corrected chi connectivity index (χ1v) is 8.41. The smallest absolute Gasteiger partial charge is 0.188 e. The standard InChI is InChI=1S/C19H16N2O2S/c1-11-17(22)15-9-4-3-8-14(15)16-18(11)24-19(21-16)20-12-6-5-7-13(10-12)23-2/h3-10,22H,1-2H3,(H,20,21). The molecular formula is C19H16N2O2S. The first-order valence-electron chi connectivity index (χ1n) is 7.59.